The lowest BCUT2D eigenvalue weighted by Crippen LogP contribution is -2.04. The van der Waals surface area contributed by atoms with Crippen LogP contribution < -0.4 is 14.8 Å². The molecule has 0 unspecified atom stereocenters. The molecule has 0 radical (unpaired) electrons. The van der Waals surface area contributed by atoms with Crippen molar-refractivity contribution in [2.24, 2.45) is 0 Å². The van der Waals surface area contributed by atoms with Gasteiger partial charge in [0, 0.05) is 6.07 Å². The van der Waals surface area contributed by atoms with Crippen molar-refractivity contribution < 1.29 is 14.3 Å². The molecular formula is C14H14ClN3O3. The molecular weight excluding hydrogens is 294 g/mol. The fourth-order valence-corrected chi connectivity index (χ4v) is 2.04. The summed E-state index contributed by atoms with van der Waals surface area (Å²) in [5.41, 5.74) is 0.793. The van der Waals surface area contributed by atoms with Gasteiger partial charge in [0.25, 0.3) is 0 Å². The smallest absolute Gasteiger partial charge is 0.156 e. The highest BCUT2D eigenvalue weighted by atomic mass is 35.5. The van der Waals surface area contributed by atoms with Gasteiger partial charge in [0.15, 0.2) is 6.29 Å². The van der Waals surface area contributed by atoms with Gasteiger partial charge in [-0.15, -0.1) is 0 Å². The first-order valence-electron chi connectivity index (χ1n) is 6.07. The molecule has 1 heterocycles. The third-order valence-corrected chi connectivity index (χ3v) is 3.08. The van der Waals surface area contributed by atoms with Crippen molar-refractivity contribution >= 4 is 29.4 Å². The van der Waals surface area contributed by atoms with Gasteiger partial charge < -0.3 is 14.8 Å². The summed E-state index contributed by atoms with van der Waals surface area (Å²) >= 11 is 5.95. The van der Waals surface area contributed by atoms with Crippen molar-refractivity contribution in [3.8, 4) is 11.5 Å². The van der Waals surface area contributed by atoms with Crippen LogP contribution >= 0.6 is 11.6 Å². The number of hydrogen-bond donors (Lipinski definition) is 1. The molecule has 0 aliphatic rings. The largest absolute Gasteiger partial charge is 0.497 e. The molecule has 1 aromatic carbocycles. The molecule has 2 aromatic rings. The second-order valence-electron chi connectivity index (χ2n) is 4.13. The second kappa shape index (κ2) is 6.41. The monoisotopic (exact) mass is 307 g/mol. The fourth-order valence-electron chi connectivity index (χ4n) is 1.79. The van der Waals surface area contributed by atoms with Gasteiger partial charge in [-0.05, 0) is 19.1 Å². The molecule has 0 spiro atoms. The minimum Gasteiger partial charge on any atom is -0.497 e. The number of nitrogens with zero attached hydrogens (tertiary/aromatic N) is 2. The van der Waals surface area contributed by atoms with Crippen LogP contribution in [0.25, 0.3) is 0 Å². The molecule has 0 atom stereocenters. The maximum Gasteiger partial charge on any atom is 0.156 e. The van der Waals surface area contributed by atoms with Crippen molar-refractivity contribution in [1.29, 1.82) is 0 Å². The van der Waals surface area contributed by atoms with Crippen molar-refractivity contribution in [3.05, 3.63) is 34.7 Å². The van der Waals surface area contributed by atoms with E-state index in [0.717, 1.165) is 0 Å². The zero-order valence-electron chi connectivity index (χ0n) is 11.8. The van der Waals surface area contributed by atoms with E-state index in [1.54, 1.807) is 39.3 Å². The number of benzene rings is 1. The first-order chi connectivity index (χ1) is 10.1. The van der Waals surface area contributed by atoms with Gasteiger partial charge in [-0.25, -0.2) is 9.97 Å². The number of nitrogens with one attached hydrogen (secondary N) is 1. The summed E-state index contributed by atoms with van der Waals surface area (Å²) in [6.07, 6.45) is 0.608. The Morgan fingerprint density at radius 2 is 2.00 bits per heavy atom. The molecule has 21 heavy (non-hydrogen) atoms. The Bertz CT molecular complexity index is 677. The molecule has 1 N–H and O–H groups in total. The SMILES string of the molecule is COc1ccc(OC)c(Nc2nc(C)nc(Cl)c2C=O)c1. The van der Waals surface area contributed by atoms with E-state index >= 15 is 0 Å². The molecule has 0 saturated heterocycles. The zero-order chi connectivity index (χ0) is 15.4. The quantitative estimate of drug-likeness (QED) is 0.676. The van der Waals surface area contributed by atoms with Crippen molar-refractivity contribution in [3.63, 3.8) is 0 Å². The number of carbonyl (C=O) groups is 1. The van der Waals surface area contributed by atoms with Gasteiger partial charge in [0.2, 0.25) is 0 Å². The zero-order valence-corrected chi connectivity index (χ0v) is 12.6. The van der Waals surface area contributed by atoms with Crippen LogP contribution in [0.4, 0.5) is 11.5 Å². The van der Waals surface area contributed by atoms with E-state index in [9.17, 15) is 4.79 Å². The van der Waals surface area contributed by atoms with Crippen LogP contribution in [0.3, 0.4) is 0 Å². The highest BCUT2D eigenvalue weighted by Crippen LogP contribution is 2.32. The number of aldehydes is 1. The van der Waals surface area contributed by atoms with Crippen LogP contribution in [0.5, 0.6) is 11.5 Å². The number of aryl methyl sites for hydroxylation is 1. The van der Waals surface area contributed by atoms with Gasteiger partial charge in [0.05, 0.1) is 25.5 Å². The average molecular weight is 308 g/mol. The van der Waals surface area contributed by atoms with Gasteiger partial charge >= 0.3 is 0 Å². The predicted molar refractivity (Wildman–Crippen MR) is 80.0 cm³/mol. The third-order valence-electron chi connectivity index (χ3n) is 2.79. The lowest BCUT2D eigenvalue weighted by atomic mass is 10.2. The summed E-state index contributed by atoms with van der Waals surface area (Å²) in [7, 11) is 3.11. The van der Waals surface area contributed by atoms with E-state index in [0.29, 0.717) is 35.1 Å². The van der Waals surface area contributed by atoms with Crippen LogP contribution in [-0.2, 0) is 0 Å². The number of rotatable bonds is 5. The summed E-state index contributed by atoms with van der Waals surface area (Å²) in [5.74, 6) is 1.99. The van der Waals surface area contributed by atoms with Gasteiger partial charge in [-0.3, -0.25) is 4.79 Å². The Morgan fingerprint density at radius 1 is 1.24 bits per heavy atom. The highest BCUT2D eigenvalue weighted by Gasteiger charge is 2.13. The van der Waals surface area contributed by atoms with Crippen LogP contribution in [0.15, 0.2) is 18.2 Å². The number of carbonyl (C=O) groups excluding carboxylic acids is 1. The molecule has 0 aliphatic carbocycles. The number of methoxy groups -OCH3 is 2. The number of anilines is 2. The van der Waals surface area contributed by atoms with E-state index in [2.05, 4.69) is 15.3 Å². The Labute approximate surface area is 127 Å². The number of ether oxygens (including phenoxy) is 2. The van der Waals surface area contributed by atoms with Gasteiger partial charge in [-0.2, -0.15) is 0 Å². The number of halogens is 1. The summed E-state index contributed by atoms with van der Waals surface area (Å²) < 4.78 is 10.4. The number of aromatic nitrogens is 2. The van der Waals surface area contributed by atoms with E-state index in [-0.39, 0.29) is 10.7 Å². The topological polar surface area (TPSA) is 73.3 Å². The minimum atomic E-state index is 0.0989. The average Bonchev–Trinajstić information content (AvgIpc) is 2.46. The fraction of sp³-hybridized carbons (Fsp3) is 0.214. The minimum absolute atomic E-state index is 0.0989. The van der Waals surface area contributed by atoms with E-state index in [4.69, 9.17) is 21.1 Å². The Hall–Kier alpha value is -2.34. The van der Waals surface area contributed by atoms with Gasteiger partial charge in [-0.1, -0.05) is 11.6 Å². The van der Waals surface area contributed by atoms with Crippen LogP contribution in [0.2, 0.25) is 5.15 Å². The third kappa shape index (κ3) is 3.22. The summed E-state index contributed by atoms with van der Waals surface area (Å²) in [6.45, 7) is 1.69. The molecule has 0 aliphatic heterocycles. The van der Waals surface area contributed by atoms with Crippen LogP contribution in [0.1, 0.15) is 16.2 Å². The molecule has 0 amide bonds. The summed E-state index contributed by atoms with van der Waals surface area (Å²) in [5, 5.41) is 3.13. The van der Waals surface area contributed by atoms with Crippen LogP contribution in [-0.4, -0.2) is 30.5 Å². The lowest BCUT2D eigenvalue weighted by molar-refractivity contribution is 0.112. The van der Waals surface area contributed by atoms with Crippen molar-refractivity contribution in [2.75, 3.05) is 19.5 Å². The molecule has 0 bridgehead atoms. The predicted octanol–water partition coefficient (Wildman–Crippen LogP) is 3.01. The first kappa shape index (κ1) is 15.1. The van der Waals surface area contributed by atoms with Crippen molar-refractivity contribution in [2.45, 2.75) is 6.92 Å². The Kier molecular flexibility index (Phi) is 4.59. The molecule has 110 valence electrons. The van der Waals surface area contributed by atoms with E-state index in [1.807, 2.05) is 0 Å². The molecule has 2 rings (SSSR count). The highest BCUT2D eigenvalue weighted by molar-refractivity contribution is 6.32. The van der Waals surface area contributed by atoms with E-state index < -0.39 is 0 Å². The van der Waals surface area contributed by atoms with Crippen LogP contribution in [0, 0.1) is 6.92 Å². The Morgan fingerprint density at radius 3 is 2.62 bits per heavy atom. The van der Waals surface area contributed by atoms with Gasteiger partial charge in [0.1, 0.15) is 28.3 Å². The maximum absolute atomic E-state index is 11.2. The molecule has 1 aromatic heterocycles. The standard InChI is InChI=1S/C14H14ClN3O3/c1-8-16-13(15)10(7-19)14(17-8)18-11-6-9(20-2)4-5-12(11)21-3/h4-7H,1-3H3,(H,16,17,18). The maximum atomic E-state index is 11.2. The molecule has 7 heteroatoms. The van der Waals surface area contributed by atoms with Crippen molar-refractivity contribution in [1.82, 2.24) is 9.97 Å². The summed E-state index contributed by atoms with van der Waals surface area (Å²) in [6, 6.07) is 5.25. The summed E-state index contributed by atoms with van der Waals surface area (Å²) in [4.78, 5) is 19.3. The first-order valence-corrected chi connectivity index (χ1v) is 6.45. The molecule has 6 nitrogen and oxygen atoms in total. The lowest BCUT2D eigenvalue weighted by Gasteiger charge is -2.14. The van der Waals surface area contributed by atoms with E-state index in [1.165, 1.54) is 0 Å². The normalized spacial score (nSPS) is 10.1. The molecule has 0 saturated carbocycles. The Balaban J connectivity index is 2.49. The number of hydrogen-bond acceptors (Lipinski definition) is 6. The second-order valence-corrected chi connectivity index (χ2v) is 4.49. The molecule has 0 fully saturated rings.